The van der Waals surface area contributed by atoms with Gasteiger partial charge in [-0.1, -0.05) is 75.7 Å². The van der Waals surface area contributed by atoms with Crippen LogP contribution in [0.5, 0.6) is 5.75 Å². The lowest BCUT2D eigenvalue weighted by molar-refractivity contribution is -0.180. The fourth-order valence-corrected chi connectivity index (χ4v) is 5.93. The number of amides is 2. The van der Waals surface area contributed by atoms with Gasteiger partial charge in [-0.05, 0) is 61.1 Å². The monoisotopic (exact) mass is 713 g/mol. The second-order valence-corrected chi connectivity index (χ2v) is 14.5. The van der Waals surface area contributed by atoms with Crippen molar-refractivity contribution in [3.05, 3.63) is 76.3 Å². The number of benzene rings is 2. The first-order valence-corrected chi connectivity index (χ1v) is 17.4. The van der Waals surface area contributed by atoms with Crippen LogP contribution in [-0.2, 0) is 41.6 Å². The van der Waals surface area contributed by atoms with E-state index in [4.69, 9.17) is 31.5 Å². The standard InChI is InChI=1S/C38H52ClN3O8/c1-22(2)17-32-36(46)49-30(24(4)34(44)23(3)27-14-11-25(20-40)12-15-27)9-8-10-33(43)42-29(19-26-13-16-31(48-7)28(39)18-26)35(45)41-21-38(5,6)37(47)50-32/h8,10-16,18,22-24,29-30,32,34,44H,9,17,19-21,40H2,1-7H3,(H,41,45)(H,42,43)/b10-8+/t23-,24+,29+,30+,32+,34+/m1/s1. The lowest BCUT2D eigenvalue weighted by atomic mass is 9.84. The van der Waals surface area contributed by atoms with Crippen molar-refractivity contribution in [3.63, 3.8) is 0 Å². The number of hydrogen-bond acceptors (Lipinski definition) is 9. The van der Waals surface area contributed by atoms with Gasteiger partial charge in [0.05, 0.1) is 23.7 Å². The van der Waals surface area contributed by atoms with Gasteiger partial charge in [0.2, 0.25) is 11.8 Å². The van der Waals surface area contributed by atoms with Crippen LogP contribution in [0, 0.1) is 17.3 Å². The third-order valence-electron chi connectivity index (χ3n) is 9.03. The van der Waals surface area contributed by atoms with Crippen LogP contribution in [0.2, 0.25) is 5.02 Å². The average Bonchev–Trinajstić information content (AvgIpc) is 3.08. The Morgan fingerprint density at radius 3 is 2.28 bits per heavy atom. The van der Waals surface area contributed by atoms with E-state index >= 15 is 0 Å². The molecule has 0 spiro atoms. The number of ether oxygens (including phenoxy) is 3. The quantitative estimate of drug-likeness (QED) is 0.257. The molecule has 0 unspecified atom stereocenters. The van der Waals surface area contributed by atoms with Crippen LogP contribution in [0.25, 0.3) is 0 Å². The summed E-state index contributed by atoms with van der Waals surface area (Å²) < 4.78 is 17.0. The Labute approximate surface area is 300 Å². The predicted octanol–water partition coefficient (Wildman–Crippen LogP) is 4.61. The second kappa shape index (κ2) is 18.3. The summed E-state index contributed by atoms with van der Waals surface area (Å²) in [5.41, 5.74) is 7.02. The lowest BCUT2D eigenvalue weighted by Gasteiger charge is -2.33. The van der Waals surface area contributed by atoms with Crippen LogP contribution in [0.4, 0.5) is 0 Å². The molecule has 0 saturated heterocycles. The Morgan fingerprint density at radius 1 is 1.02 bits per heavy atom. The van der Waals surface area contributed by atoms with Gasteiger partial charge in [0.15, 0.2) is 6.10 Å². The molecule has 6 atom stereocenters. The average molecular weight is 714 g/mol. The van der Waals surface area contributed by atoms with Crippen molar-refractivity contribution in [2.45, 2.75) is 97.6 Å². The highest BCUT2D eigenvalue weighted by atomic mass is 35.5. The van der Waals surface area contributed by atoms with Gasteiger partial charge in [-0.3, -0.25) is 14.4 Å². The van der Waals surface area contributed by atoms with Crippen molar-refractivity contribution >= 4 is 35.4 Å². The third-order valence-corrected chi connectivity index (χ3v) is 9.32. The van der Waals surface area contributed by atoms with Crippen molar-refractivity contribution in [1.29, 1.82) is 0 Å². The summed E-state index contributed by atoms with van der Waals surface area (Å²) in [4.78, 5) is 53.8. The molecule has 1 heterocycles. The molecule has 0 radical (unpaired) electrons. The van der Waals surface area contributed by atoms with E-state index in [0.29, 0.717) is 22.9 Å². The minimum atomic E-state index is -1.24. The van der Waals surface area contributed by atoms with Gasteiger partial charge < -0.3 is 35.7 Å². The Hall–Kier alpha value is -3.93. The van der Waals surface area contributed by atoms with Gasteiger partial charge in [-0.25, -0.2) is 4.79 Å². The maximum Gasteiger partial charge on any atom is 0.347 e. The highest BCUT2D eigenvalue weighted by molar-refractivity contribution is 6.32. The van der Waals surface area contributed by atoms with Crippen molar-refractivity contribution in [2.75, 3.05) is 13.7 Å². The van der Waals surface area contributed by atoms with Gasteiger partial charge in [0.25, 0.3) is 0 Å². The minimum absolute atomic E-state index is 0.0254. The fourth-order valence-electron chi connectivity index (χ4n) is 5.65. The molecular formula is C38H52ClN3O8. The number of aliphatic hydroxyl groups is 1. The summed E-state index contributed by atoms with van der Waals surface area (Å²) in [6.45, 7) is 10.9. The highest BCUT2D eigenvalue weighted by Crippen LogP contribution is 2.30. The summed E-state index contributed by atoms with van der Waals surface area (Å²) in [7, 11) is 1.50. The molecule has 11 nitrogen and oxygen atoms in total. The maximum atomic E-state index is 13.7. The summed E-state index contributed by atoms with van der Waals surface area (Å²) >= 11 is 6.32. The first-order valence-electron chi connectivity index (χ1n) is 17.0. The second-order valence-electron chi connectivity index (χ2n) is 14.1. The van der Waals surface area contributed by atoms with Gasteiger partial charge in [-0.2, -0.15) is 0 Å². The number of nitrogens with two attached hydrogens (primary N) is 1. The summed E-state index contributed by atoms with van der Waals surface area (Å²) in [6, 6.07) is 11.7. The predicted molar refractivity (Wildman–Crippen MR) is 191 cm³/mol. The van der Waals surface area contributed by atoms with Gasteiger partial charge in [0, 0.05) is 37.8 Å². The van der Waals surface area contributed by atoms with Gasteiger partial charge in [-0.15, -0.1) is 0 Å². The topological polar surface area (TPSA) is 166 Å². The van der Waals surface area contributed by atoms with Crippen LogP contribution >= 0.6 is 11.6 Å². The van der Waals surface area contributed by atoms with Crippen LogP contribution < -0.4 is 21.1 Å². The molecule has 274 valence electrons. The molecule has 1 aliphatic heterocycles. The summed E-state index contributed by atoms with van der Waals surface area (Å²) in [5, 5.41) is 17.4. The first-order chi connectivity index (χ1) is 23.6. The number of hydrogen-bond donors (Lipinski definition) is 4. The molecule has 0 aliphatic carbocycles. The smallest absolute Gasteiger partial charge is 0.347 e. The number of rotatable bonds is 10. The highest BCUT2D eigenvalue weighted by Gasteiger charge is 2.38. The number of methoxy groups -OCH3 is 1. The molecule has 3 rings (SSSR count). The SMILES string of the molecule is COc1ccc(C[C@@H]2NC(=O)/C=C/C[C@@H]([C@H](C)[C@@H](O)[C@H](C)c3ccc(CN)cc3)OC(=O)[C@H](CC(C)C)OC(=O)C(C)(C)CNC2=O)cc1Cl. The molecule has 0 fully saturated rings. The maximum absolute atomic E-state index is 13.7. The van der Waals surface area contributed by atoms with Crippen LogP contribution in [0.15, 0.2) is 54.6 Å². The van der Waals surface area contributed by atoms with Crippen molar-refractivity contribution in [1.82, 2.24) is 10.6 Å². The Kier molecular flexibility index (Phi) is 14.9. The number of nitrogens with one attached hydrogen (secondary N) is 2. The van der Waals surface area contributed by atoms with E-state index in [1.807, 2.05) is 45.0 Å². The first kappa shape index (κ1) is 40.5. The van der Waals surface area contributed by atoms with E-state index < -0.39 is 59.4 Å². The van der Waals surface area contributed by atoms with E-state index in [1.54, 1.807) is 39.0 Å². The number of cyclic esters (lactones) is 2. The molecule has 0 bridgehead atoms. The Morgan fingerprint density at radius 2 is 1.68 bits per heavy atom. The van der Waals surface area contributed by atoms with Crippen LogP contribution in [0.3, 0.4) is 0 Å². The van der Waals surface area contributed by atoms with Crippen LogP contribution in [-0.4, -0.2) is 66.9 Å². The third kappa shape index (κ3) is 11.3. The zero-order chi connectivity index (χ0) is 37.2. The van der Waals surface area contributed by atoms with Crippen molar-refractivity contribution in [2.24, 2.45) is 23.0 Å². The van der Waals surface area contributed by atoms with Gasteiger partial charge in [0.1, 0.15) is 17.9 Å². The van der Waals surface area contributed by atoms with E-state index in [2.05, 4.69) is 10.6 Å². The zero-order valence-electron chi connectivity index (χ0n) is 30.0. The molecule has 50 heavy (non-hydrogen) atoms. The molecule has 5 N–H and O–H groups in total. The van der Waals surface area contributed by atoms with E-state index in [9.17, 15) is 24.3 Å². The normalized spacial score (nSPS) is 23.1. The Balaban J connectivity index is 1.96. The molecule has 1 aliphatic rings. The molecule has 0 aromatic heterocycles. The number of halogens is 1. The number of carbonyl (C=O) groups is 4. The molecule has 0 saturated carbocycles. The van der Waals surface area contributed by atoms with Crippen molar-refractivity contribution in [3.8, 4) is 5.75 Å². The number of carbonyl (C=O) groups excluding carboxylic acids is 4. The number of aliphatic hydroxyl groups excluding tert-OH is 1. The van der Waals surface area contributed by atoms with Crippen molar-refractivity contribution < 1.29 is 38.5 Å². The zero-order valence-corrected chi connectivity index (χ0v) is 30.8. The number of esters is 2. The molecule has 2 amide bonds. The lowest BCUT2D eigenvalue weighted by Crippen LogP contribution is -2.51. The minimum Gasteiger partial charge on any atom is -0.495 e. The van der Waals surface area contributed by atoms with Gasteiger partial charge >= 0.3 is 11.9 Å². The van der Waals surface area contributed by atoms with E-state index in [1.165, 1.54) is 19.3 Å². The van der Waals surface area contributed by atoms with Crippen LogP contribution in [0.1, 0.15) is 77.0 Å². The fraction of sp³-hybridized carbons (Fsp3) is 0.526. The summed E-state index contributed by atoms with van der Waals surface area (Å²) in [5.74, 6) is -3.02. The molecule has 12 heteroatoms. The summed E-state index contributed by atoms with van der Waals surface area (Å²) in [6.07, 6.45) is 0.121. The Bertz CT molecular complexity index is 1510. The molecular weight excluding hydrogens is 662 g/mol. The molecule has 2 aromatic carbocycles. The van der Waals surface area contributed by atoms with E-state index in [-0.39, 0.29) is 37.6 Å². The largest absolute Gasteiger partial charge is 0.495 e. The molecule has 2 aromatic rings. The van der Waals surface area contributed by atoms with E-state index in [0.717, 1.165) is 11.1 Å².